The summed E-state index contributed by atoms with van der Waals surface area (Å²) in [4.78, 5) is 0. The average molecular weight is 309 g/mol. The molecule has 2 aromatic rings. The van der Waals surface area contributed by atoms with E-state index < -0.39 is 0 Å². The van der Waals surface area contributed by atoms with Gasteiger partial charge in [-0.3, -0.25) is 0 Å². The summed E-state index contributed by atoms with van der Waals surface area (Å²) in [6, 6.07) is 10.8. The minimum absolute atomic E-state index is 0.256. The molecule has 0 fully saturated rings. The zero-order valence-corrected chi connectivity index (χ0v) is 11.9. The molecule has 2 aromatic carbocycles. The van der Waals surface area contributed by atoms with Gasteiger partial charge in [0.15, 0.2) is 11.6 Å². The van der Waals surface area contributed by atoms with E-state index in [1.165, 1.54) is 6.07 Å². The lowest BCUT2D eigenvalue weighted by molar-refractivity contribution is 0.439. The van der Waals surface area contributed by atoms with Crippen LogP contribution in [0, 0.1) is 19.7 Å². The maximum atomic E-state index is 13.8. The summed E-state index contributed by atoms with van der Waals surface area (Å²) in [5.41, 5.74) is 3.05. The molecule has 0 saturated heterocycles. The van der Waals surface area contributed by atoms with Crippen LogP contribution in [0.1, 0.15) is 16.7 Å². The quantitative estimate of drug-likeness (QED) is 0.714. The highest BCUT2D eigenvalue weighted by molar-refractivity contribution is 9.08. The Kier molecular flexibility index (Phi) is 4.02. The van der Waals surface area contributed by atoms with Crippen molar-refractivity contribution in [1.29, 1.82) is 0 Å². The van der Waals surface area contributed by atoms with Crippen molar-refractivity contribution in [2.45, 2.75) is 19.2 Å². The van der Waals surface area contributed by atoms with Gasteiger partial charge in [-0.25, -0.2) is 4.39 Å². The lowest BCUT2D eigenvalue weighted by Gasteiger charge is -2.10. The van der Waals surface area contributed by atoms with Gasteiger partial charge in [0.25, 0.3) is 0 Å². The van der Waals surface area contributed by atoms with E-state index in [2.05, 4.69) is 15.9 Å². The Hall–Kier alpha value is -1.35. The number of halogens is 2. The predicted octanol–water partition coefficient (Wildman–Crippen LogP) is 5.13. The van der Waals surface area contributed by atoms with E-state index in [1.54, 1.807) is 6.07 Å². The highest BCUT2D eigenvalue weighted by Gasteiger charge is 2.07. The molecule has 0 amide bonds. The maximum Gasteiger partial charge on any atom is 0.166 e. The topological polar surface area (TPSA) is 9.23 Å². The van der Waals surface area contributed by atoms with Crippen LogP contribution in [0.15, 0.2) is 36.4 Å². The highest BCUT2D eigenvalue weighted by Crippen LogP contribution is 2.28. The molecule has 2 rings (SSSR count). The zero-order valence-electron chi connectivity index (χ0n) is 10.3. The molecule has 0 spiro atoms. The molecule has 0 radical (unpaired) electrons. The fourth-order valence-corrected chi connectivity index (χ4v) is 2.09. The van der Waals surface area contributed by atoms with Gasteiger partial charge in [0.1, 0.15) is 5.75 Å². The van der Waals surface area contributed by atoms with Gasteiger partial charge in [-0.05, 0) is 43.2 Å². The summed E-state index contributed by atoms with van der Waals surface area (Å²) in [5.74, 6) is 0.602. The second-order valence-electron chi connectivity index (χ2n) is 4.27. The van der Waals surface area contributed by atoms with Crippen LogP contribution in [0.5, 0.6) is 11.5 Å². The van der Waals surface area contributed by atoms with Gasteiger partial charge in [-0.2, -0.15) is 0 Å². The third kappa shape index (κ3) is 2.91. The SMILES string of the molecule is Cc1ccc(Oc2ccc(CBr)cc2F)c(C)c1. The number of ether oxygens (including phenoxy) is 1. The molecule has 94 valence electrons. The van der Waals surface area contributed by atoms with Gasteiger partial charge in [-0.15, -0.1) is 0 Å². The monoisotopic (exact) mass is 308 g/mol. The fourth-order valence-electron chi connectivity index (χ4n) is 1.74. The van der Waals surface area contributed by atoms with Crippen molar-refractivity contribution >= 4 is 15.9 Å². The molecule has 18 heavy (non-hydrogen) atoms. The second-order valence-corrected chi connectivity index (χ2v) is 4.83. The molecule has 0 aromatic heterocycles. The molecule has 0 saturated carbocycles. The molecular formula is C15H14BrFO. The van der Waals surface area contributed by atoms with Crippen LogP contribution in [-0.4, -0.2) is 0 Å². The third-order valence-corrected chi connectivity index (χ3v) is 3.35. The first-order valence-corrected chi connectivity index (χ1v) is 6.82. The van der Waals surface area contributed by atoms with E-state index >= 15 is 0 Å². The van der Waals surface area contributed by atoms with E-state index in [-0.39, 0.29) is 11.6 Å². The van der Waals surface area contributed by atoms with Crippen LogP contribution in [0.3, 0.4) is 0 Å². The van der Waals surface area contributed by atoms with Crippen LogP contribution in [0.2, 0.25) is 0 Å². The Morgan fingerprint density at radius 3 is 2.39 bits per heavy atom. The molecular weight excluding hydrogens is 295 g/mol. The summed E-state index contributed by atoms with van der Waals surface area (Å²) in [7, 11) is 0. The van der Waals surface area contributed by atoms with Crippen LogP contribution >= 0.6 is 15.9 Å². The lowest BCUT2D eigenvalue weighted by Crippen LogP contribution is -1.92. The normalized spacial score (nSPS) is 10.4. The van der Waals surface area contributed by atoms with Gasteiger partial charge < -0.3 is 4.74 Å². The Labute approximate surface area is 115 Å². The maximum absolute atomic E-state index is 13.8. The lowest BCUT2D eigenvalue weighted by atomic mass is 10.1. The fraction of sp³-hybridized carbons (Fsp3) is 0.200. The standard InChI is InChI=1S/C15H14BrFO/c1-10-3-5-14(11(2)7-10)18-15-6-4-12(9-16)8-13(15)17/h3-8H,9H2,1-2H3. The van der Waals surface area contributed by atoms with Gasteiger partial charge in [0.2, 0.25) is 0 Å². The molecule has 0 unspecified atom stereocenters. The van der Waals surface area contributed by atoms with E-state index in [9.17, 15) is 4.39 Å². The third-order valence-electron chi connectivity index (χ3n) is 2.70. The first-order chi connectivity index (χ1) is 8.60. The Bertz CT molecular complexity index is 566. The van der Waals surface area contributed by atoms with Gasteiger partial charge in [-0.1, -0.05) is 39.7 Å². The molecule has 0 heterocycles. The summed E-state index contributed by atoms with van der Waals surface area (Å²) < 4.78 is 19.4. The smallest absolute Gasteiger partial charge is 0.166 e. The Morgan fingerprint density at radius 1 is 1.06 bits per heavy atom. The van der Waals surface area contributed by atoms with E-state index in [0.29, 0.717) is 11.1 Å². The number of hydrogen-bond donors (Lipinski definition) is 0. The molecule has 3 heteroatoms. The van der Waals surface area contributed by atoms with Crippen LogP contribution < -0.4 is 4.74 Å². The van der Waals surface area contributed by atoms with Crippen molar-refractivity contribution in [2.75, 3.05) is 0 Å². The van der Waals surface area contributed by atoms with Crippen molar-refractivity contribution in [2.24, 2.45) is 0 Å². The van der Waals surface area contributed by atoms with E-state index in [0.717, 1.165) is 16.7 Å². The highest BCUT2D eigenvalue weighted by atomic mass is 79.9. The summed E-state index contributed by atoms with van der Waals surface area (Å²) in [5, 5.41) is 0.633. The van der Waals surface area contributed by atoms with Crippen molar-refractivity contribution in [3.8, 4) is 11.5 Å². The molecule has 0 atom stereocenters. The summed E-state index contributed by atoms with van der Waals surface area (Å²) >= 11 is 3.30. The van der Waals surface area contributed by atoms with Gasteiger partial charge in [0, 0.05) is 5.33 Å². The molecule has 0 aliphatic carbocycles. The summed E-state index contributed by atoms with van der Waals surface area (Å²) in [6.07, 6.45) is 0. The van der Waals surface area contributed by atoms with Gasteiger partial charge in [0.05, 0.1) is 0 Å². The first-order valence-electron chi connectivity index (χ1n) is 5.69. The molecule has 0 aliphatic heterocycles. The minimum atomic E-state index is -0.341. The minimum Gasteiger partial charge on any atom is -0.454 e. The van der Waals surface area contributed by atoms with Crippen molar-refractivity contribution in [1.82, 2.24) is 0 Å². The molecule has 0 N–H and O–H groups in total. The number of aryl methyl sites for hydroxylation is 2. The first kappa shape index (κ1) is 13.1. The van der Waals surface area contributed by atoms with Crippen LogP contribution in [0.4, 0.5) is 4.39 Å². The number of benzene rings is 2. The Balaban J connectivity index is 2.28. The van der Waals surface area contributed by atoms with Crippen LogP contribution in [-0.2, 0) is 5.33 Å². The molecule has 0 bridgehead atoms. The number of hydrogen-bond acceptors (Lipinski definition) is 1. The molecule has 1 nitrogen and oxygen atoms in total. The van der Waals surface area contributed by atoms with Crippen molar-refractivity contribution < 1.29 is 9.13 Å². The Morgan fingerprint density at radius 2 is 1.78 bits per heavy atom. The predicted molar refractivity (Wildman–Crippen MR) is 75.0 cm³/mol. The molecule has 0 aliphatic rings. The average Bonchev–Trinajstić information content (AvgIpc) is 2.34. The van der Waals surface area contributed by atoms with E-state index in [1.807, 2.05) is 38.1 Å². The number of rotatable bonds is 3. The largest absolute Gasteiger partial charge is 0.454 e. The van der Waals surface area contributed by atoms with E-state index in [4.69, 9.17) is 4.74 Å². The second kappa shape index (κ2) is 5.53. The van der Waals surface area contributed by atoms with Crippen LogP contribution in [0.25, 0.3) is 0 Å². The zero-order chi connectivity index (χ0) is 13.1. The summed E-state index contributed by atoms with van der Waals surface area (Å²) in [6.45, 7) is 3.97. The van der Waals surface area contributed by atoms with Crippen molar-refractivity contribution in [3.63, 3.8) is 0 Å². The van der Waals surface area contributed by atoms with Gasteiger partial charge >= 0.3 is 0 Å². The number of alkyl halides is 1. The van der Waals surface area contributed by atoms with Crippen molar-refractivity contribution in [3.05, 3.63) is 58.9 Å².